The molecule has 2 heteroatoms. The topological polar surface area (TPSA) is 25.8 Å². The van der Waals surface area contributed by atoms with E-state index in [1.54, 1.807) is 0 Å². The lowest BCUT2D eigenvalue weighted by atomic mass is 9.75. The molecule has 7 aromatic carbocycles. The van der Waals surface area contributed by atoms with Crippen LogP contribution in [-0.2, 0) is 10.8 Å². The van der Waals surface area contributed by atoms with E-state index in [0.29, 0.717) is 0 Å². The predicted molar refractivity (Wildman–Crippen MR) is 248 cm³/mol. The summed E-state index contributed by atoms with van der Waals surface area (Å²) in [5.74, 6) is 0. The molecular formula is C58H44N2. The maximum atomic E-state index is 5.22. The van der Waals surface area contributed by atoms with E-state index < -0.39 is 0 Å². The quantitative estimate of drug-likeness (QED) is 0.167. The smallest absolute Gasteiger partial charge is 0.0893 e. The van der Waals surface area contributed by atoms with Gasteiger partial charge in [0, 0.05) is 22.6 Å². The Balaban J connectivity index is 1.08. The number of pyridine rings is 2. The van der Waals surface area contributed by atoms with Gasteiger partial charge in [-0.2, -0.15) is 0 Å². The first-order chi connectivity index (χ1) is 29.7. The number of aromatic nitrogens is 2. The van der Waals surface area contributed by atoms with Gasteiger partial charge in [-0.15, -0.1) is 0 Å². The van der Waals surface area contributed by atoms with Crippen LogP contribution in [0.4, 0.5) is 0 Å². The van der Waals surface area contributed by atoms with Crippen molar-refractivity contribution in [3.8, 4) is 67.2 Å². The van der Waals surface area contributed by atoms with Crippen molar-refractivity contribution in [2.75, 3.05) is 0 Å². The summed E-state index contributed by atoms with van der Waals surface area (Å²) in [6.45, 7) is 0. The minimum atomic E-state index is 0.0899. The summed E-state index contributed by atoms with van der Waals surface area (Å²) >= 11 is 0. The van der Waals surface area contributed by atoms with Crippen LogP contribution in [0.5, 0.6) is 0 Å². The van der Waals surface area contributed by atoms with Gasteiger partial charge in [-0.3, -0.25) is 4.98 Å². The molecule has 2 saturated carbocycles. The molecule has 2 fully saturated rings. The Morgan fingerprint density at radius 1 is 0.333 bits per heavy atom. The summed E-state index contributed by atoms with van der Waals surface area (Å²) in [4.78, 5) is 9.86. The molecule has 4 aliphatic carbocycles. The Morgan fingerprint density at radius 2 is 0.817 bits per heavy atom. The summed E-state index contributed by atoms with van der Waals surface area (Å²) in [6.07, 6.45) is 11.8. The van der Waals surface area contributed by atoms with E-state index in [1.165, 1.54) is 140 Å². The molecule has 9 aromatic rings. The van der Waals surface area contributed by atoms with Gasteiger partial charge in [0.2, 0.25) is 0 Å². The maximum Gasteiger partial charge on any atom is 0.0893 e. The summed E-state index contributed by atoms with van der Waals surface area (Å²) in [5, 5.41) is 5.14. The molecule has 286 valence electrons. The lowest BCUT2D eigenvalue weighted by Crippen LogP contribution is -2.20. The van der Waals surface area contributed by atoms with Gasteiger partial charge in [-0.05, 0) is 156 Å². The third-order valence-corrected chi connectivity index (χ3v) is 15.0. The lowest BCUT2D eigenvalue weighted by Gasteiger charge is -2.28. The second kappa shape index (κ2) is 12.9. The van der Waals surface area contributed by atoms with Crippen LogP contribution in [0.2, 0.25) is 0 Å². The van der Waals surface area contributed by atoms with Crippen molar-refractivity contribution in [2.45, 2.75) is 62.2 Å². The molecule has 2 nitrogen and oxygen atoms in total. The number of fused-ring (bicyclic) bond motifs is 12. The summed E-state index contributed by atoms with van der Waals surface area (Å²) in [6, 6.07) is 62.0. The molecule has 0 atom stereocenters. The zero-order chi connectivity index (χ0) is 39.4. The van der Waals surface area contributed by atoms with Gasteiger partial charge in [0.05, 0.1) is 17.1 Å². The first-order valence-electron chi connectivity index (χ1n) is 22.1. The third kappa shape index (κ3) is 4.76. The van der Waals surface area contributed by atoms with E-state index >= 15 is 0 Å². The van der Waals surface area contributed by atoms with Gasteiger partial charge in [0.25, 0.3) is 0 Å². The van der Waals surface area contributed by atoms with E-state index in [1.807, 2.05) is 24.4 Å². The van der Waals surface area contributed by atoms with Crippen molar-refractivity contribution in [3.05, 3.63) is 192 Å². The zero-order valence-corrected chi connectivity index (χ0v) is 33.7. The van der Waals surface area contributed by atoms with Gasteiger partial charge in [-0.25, -0.2) is 4.98 Å². The lowest BCUT2D eigenvalue weighted by molar-refractivity contribution is 0.550. The van der Waals surface area contributed by atoms with E-state index in [9.17, 15) is 0 Å². The molecule has 0 aliphatic heterocycles. The molecule has 0 bridgehead atoms. The Bertz CT molecular complexity index is 3220. The van der Waals surface area contributed by atoms with Crippen LogP contribution in [0.15, 0.2) is 170 Å². The first-order valence-corrected chi connectivity index (χ1v) is 22.1. The van der Waals surface area contributed by atoms with Crippen molar-refractivity contribution in [2.24, 2.45) is 0 Å². The van der Waals surface area contributed by atoms with E-state index in [0.717, 1.165) is 22.6 Å². The average molecular weight is 769 g/mol. The highest BCUT2D eigenvalue weighted by molar-refractivity contribution is 6.22. The predicted octanol–water partition coefficient (Wildman–Crippen LogP) is 15.1. The normalized spacial score (nSPS) is 16.4. The molecule has 2 heterocycles. The summed E-state index contributed by atoms with van der Waals surface area (Å²) < 4.78 is 0. The van der Waals surface area contributed by atoms with Crippen LogP contribution in [0.3, 0.4) is 0 Å². The van der Waals surface area contributed by atoms with Gasteiger partial charge in [0.15, 0.2) is 0 Å². The molecule has 4 aliphatic rings. The van der Waals surface area contributed by atoms with Crippen molar-refractivity contribution in [1.29, 1.82) is 0 Å². The Hall–Kier alpha value is -6.64. The van der Waals surface area contributed by atoms with E-state index in [4.69, 9.17) is 4.98 Å². The first kappa shape index (κ1) is 34.2. The zero-order valence-electron chi connectivity index (χ0n) is 33.7. The molecule has 2 aromatic heterocycles. The van der Waals surface area contributed by atoms with E-state index in [-0.39, 0.29) is 10.8 Å². The maximum absolute atomic E-state index is 5.22. The molecule has 0 unspecified atom stereocenters. The summed E-state index contributed by atoms with van der Waals surface area (Å²) in [5.41, 5.74) is 21.0. The van der Waals surface area contributed by atoms with Gasteiger partial charge < -0.3 is 0 Å². The number of nitrogens with zero attached hydrogens (tertiary/aromatic N) is 2. The molecule has 0 saturated heterocycles. The monoisotopic (exact) mass is 768 g/mol. The minimum Gasteiger partial charge on any atom is -0.255 e. The van der Waals surface area contributed by atoms with E-state index in [2.05, 4.69) is 151 Å². The standard InChI is InChI=1S/C58H44N2/c1-2-17-45-44(16-1)55(38-24-26-42-40-14-3-5-18-48(40)57(50(42)35-38)29-8-9-30-57)46-28-23-37(52-21-13-22-54(60-52)53-20-7-12-33-59-53)34-47(46)56(45)39-25-27-43-41-15-4-6-19-49(41)58(51(43)36-39)31-10-11-32-58/h1-7,12-28,33-36H,8-11,29-32H2. The highest BCUT2D eigenvalue weighted by atomic mass is 14.8. The molecule has 13 rings (SSSR count). The van der Waals surface area contributed by atoms with Crippen LogP contribution in [-0.4, -0.2) is 9.97 Å². The number of benzene rings is 7. The number of hydrogen-bond acceptors (Lipinski definition) is 2. The van der Waals surface area contributed by atoms with Gasteiger partial charge in [-0.1, -0.05) is 147 Å². The second-order valence-corrected chi connectivity index (χ2v) is 17.9. The second-order valence-electron chi connectivity index (χ2n) is 17.9. The van der Waals surface area contributed by atoms with Crippen LogP contribution in [0.1, 0.15) is 73.6 Å². The fraction of sp³-hybridized carbons (Fsp3) is 0.172. The Kier molecular flexibility index (Phi) is 7.38. The molecular weight excluding hydrogens is 725 g/mol. The van der Waals surface area contributed by atoms with Crippen molar-refractivity contribution in [3.63, 3.8) is 0 Å². The largest absolute Gasteiger partial charge is 0.255 e. The number of rotatable bonds is 4. The van der Waals surface area contributed by atoms with Crippen LogP contribution >= 0.6 is 0 Å². The van der Waals surface area contributed by atoms with Crippen molar-refractivity contribution < 1.29 is 0 Å². The van der Waals surface area contributed by atoms with Crippen LogP contribution in [0, 0.1) is 0 Å². The van der Waals surface area contributed by atoms with Crippen molar-refractivity contribution in [1.82, 2.24) is 9.97 Å². The molecule has 2 spiro atoms. The fourth-order valence-electron chi connectivity index (χ4n) is 12.5. The van der Waals surface area contributed by atoms with Crippen molar-refractivity contribution >= 4 is 21.5 Å². The Morgan fingerprint density at radius 3 is 1.42 bits per heavy atom. The average Bonchev–Trinajstić information content (AvgIpc) is 4.12. The molecule has 0 N–H and O–H groups in total. The van der Waals surface area contributed by atoms with Gasteiger partial charge in [0.1, 0.15) is 0 Å². The van der Waals surface area contributed by atoms with Crippen LogP contribution < -0.4 is 0 Å². The van der Waals surface area contributed by atoms with Gasteiger partial charge >= 0.3 is 0 Å². The van der Waals surface area contributed by atoms with Crippen LogP contribution in [0.25, 0.3) is 88.7 Å². The minimum absolute atomic E-state index is 0.0899. The number of hydrogen-bond donors (Lipinski definition) is 0. The summed E-state index contributed by atoms with van der Waals surface area (Å²) in [7, 11) is 0. The highest BCUT2D eigenvalue weighted by Crippen LogP contribution is 2.60. The fourth-order valence-corrected chi connectivity index (χ4v) is 12.5. The molecule has 0 radical (unpaired) electrons. The molecule has 60 heavy (non-hydrogen) atoms. The molecule has 0 amide bonds. The third-order valence-electron chi connectivity index (χ3n) is 15.0. The Labute approximate surface area is 351 Å². The SMILES string of the molecule is c1ccc(-c2cccc(-c3ccc4c(-c5ccc6c(c5)C5(CCCC5)c5ccccc5-6)c5ccccc5c(-c5ccc6c(c5)C5(CCCC5)c5ccccc5-6)c4c3)n2)nc1. The highest BCUT2D eigenvalue weighted by Gasteiger charge is 2.46.